The van der Waals surface area contributed by atoms with Crippen molar-refractivity contribution in [1.82, 2.24) is 15.3 Å². The molecule has 0 spiro atoms. The predicted octanol–water partition coefficient (Wildman–Crippen LogP) is 1.16. The molecule has 0 bridgehead atoms. The minimum Gasteiger partial charge on any atom is -0.497 e. The number of nitrogens with zero attached hydrogens (tertiary/aromatic N) is 1. The number of nitrogens with one attached hydrogen (secondary N) is 2. The van der Waals surface area contributed by atoms with Gasteiger partial charge in [-0.05, 0) is 24.6 Å². The highest BCUT2D eigenvalue weighted by molar-refractivity contribution is 8.00. The normalized spacial score (nSPS) is 11.7. The van der Waals surface area contributed by atoms with E-state index in [2.05, 4.69) is 15.3 Å². The monoisotopic (exact) mass is 334 g/mol. The van der Waals surface area contributed by atoms with Crippen LogP contribution in [-0.4, -0.2) is 28.2 Å². The van der Waals surface area contributed by atoms with Crippen LogP contribution in [0.4, 0.5) is 5.82 Å². The number of anilines is 1. The average molecular weight is 334 g/mol. The number of amides is 1. The molecule has 0 saturated heterocycles. The number of aromatic nitrogens is 2. The number of methoxy groups -OCH3 is 1. The lowest BCUT2D eigenvalue weighted by molar-refractivity contribution is -0.120. The molecule has 1 aromatic heterocycles. The third-order valence-corrected chi connectivity index (χ3v) is 4.01. The molecular weight excluding hydrogens is 316 g/mol. The fourth-order valence-electron chi connectivity index (χ4n) is 1.81. The van der Waals surface area contributed by atoms with Crippen molar-refractivity contribution in [3.8, 4) is 5.75 Å². The number of thioether (sulfide) groups is 1. The summed E-state index contributed by atoms with van der Waals surface area (Å²) in [5.41, 5.74) is 6.14. The van der Waals surface area contributed by atoms with E-state index in [0.717, 1.165) is 23.1 Å². The Labute approximate surface area is 137 Å². The SMILES string of the molecule is COc1ccc(CNC(=O)[C@H](C)Sc2nc(N)cc(=O)[nH]2)cc1. The number of carbonyl (C=O) groups excluding carboxylic acids is 1. The number of benzene rings is 1. The van der Waals surface area contributed by atoms with Gasteiger partial charge in [0, 0.05) is 12.6 Å². The predicted molar refractivity (Wildman–Crippen MR) is 89.4 cm³/mol. The molecule has 4 N–H and O–H groups in total. The fraction of sp³-hybridized carbons (Fsp3) is 0.267. The summed E-state index contributed by atoms with van der Waals surface area (Å²) in [6, 6.07) is 8.63. The molecule has 0 unspecified atom stereocenters. The van der Waals surface area contributed by atoms with E-state index in [4.69, 9.17) is 10.5 Å². The summed E-state index contributed by atoms with van der Waals surface area (Å²) in [7, 11) is 1.60. The molecule has 0 saturated carbocycles. The smallest absolute Gasteiger partial charge is 0.253 e. The lowest BCUT2D eigenvalue weighted by Crippen LogP contribution is -2.30. The molecule has 1 aromatic carbocycles. The lowest BCUT2D eigenvalue weighted by Gasteiger charge is -2.11. The first-order valence-electron chi connectivity index (χ1n) is 6.92. The number of carbonyl (C=O) groups is 1. The van der Waals surface area contributed by atoms with Crippen molar-refractivity contribution < 1.29 is 9.53 Å². The largest absolute Gasteiger partial charge is 0.497 e. The maximum Gasteiger partial charge on any atom is 0.253 e. The van der Waals surface area contributed by atoms with Crippen molar-refractivity contribution in [3.05, 3.63) is 46.2 Å². The Balaban J connectivity index is 1.90. The molecule has 122 valence electrons. The van der Waals surface area contributed by atoms with Crippen LogP contribution in [0.5, 0.6) is 5.75 Å². The zero-order valence-corrected chi connectivity index (χ0v) is 13.6. The van der Waals surface area contributed by atoms with Crippen LogP contribution in [0.25, 0.3) is 0 Å². The minimum absolute atomic E-state index is 0.127. The Kier molecular flexibility index (Phi) is 5.64. The first kappa shape index (κ1) is 16.9. The van der Waals surface area contributed by atoms with Crippen molar-refractivity contribution in [1.29, 1.82) is 0 Å². The molecule has 23 heavy (non-hydrogen) atoms. The van der Waals surface area contributed by atoms with Gasteiger partial charge in [-0.25, -0.2) is 4.98 Å². The molecule has 0 fully saturated rings. The molecular formula is C15H18N4O3S. The third kappa shape index (κ3) is 5.03. The van der Waals surface area contributed by atoms with Gasteiger partial charge in [-0.15, -0.1) is 0 Å². The third-order valence-electron chi connectivity index (χ3n) is 3.02. The van der Waals surface area contributed by atoms with Crippen LogP contribution in [0.15, 0.2) is 40.3 Å². The van der Waals surface area contributed by atoms with Crippen LogP contribution >= 0.6 is 11.8 Å². The second-order valence-corrected chi connectivity index (χ2v) is 6.13. The molecule has 1 heterocycles. The van der Waals surface area contributed by atoms with Gasteiger partial charge >= 0.3 is 0 Å². The molecule has 2 aromatic rings. The van der Waals surface area contributed by atoms with Crippen LogP contribution < -0.4 is 21.3 Å². The van der Waals surface area contributed by atoms with Crippen LogP contribution in [0, 0.1) is 0 Å². The van der Waals surface area contributed by atoms with Crippen molar-refractivity contribution in [2.45, 2.75) is 23.9 Å². The molecule has 0 aliphatic carbocycles. The maximum atomic E-state index is 12.1. The highest BCUT2D eigenvalue weighted by Gasteiger charge is 2.15. The van der Waals surface area contributed by atoms with Gasteiger partial charge in [0.15, 0.2) is 5.16 Å². The van der Waals surface area contributed by atoms with Crippen LogP contribution in [0.3, 0.4) is 0 Å². The quantitative estimate of drug-likeness (QED) is 0.540. The first-order valence-corrected chi connectivity index (χ1v) is 7.80. The molecule has 0 aliphatic heterocycles. The van der Waals surface area contributed by atoms with Gasteiger partial charge in [0.25, 0.3) is 5.56 Å². The minimum atomic E-state index is -0.418. The van der Waals surface area contributed by atoms with Crippen LogP contribution in [-0.2, 0) is 11.3 Å². The Bertz CT molecular complexity index is 730. The van der Waals surface area contributed by atoms with Gasteiger partial charge in [0.1, 0.15) is 11.6 Å². The Morgan fingerprint density at radius 1 is 1.43 bits per heavy atom. The van der Waals surface area contributed by atoms with Gasteiger partial charge in [-0.1, -0.05) is 23.9 Å². The maximum absolute atomic E-state index is 12.1. The lowest BCUT2D eigenvalue weighted by atomic mass is 10.2. The van der Waals surface area contributed by atoms with E-state index in [0.29, 0.717) is 11.7 Å². The molecule has 1 amide bonds. The van der Waals surface area contributed by atoms with E-state index < -0.39 is 5.25 Å². The van der Waals surface area contributed by atoms with E-state index in [1.165, 1.54) is 6.07 Å². The van der Waals surface area contributed by atoms with E-state index in [1.807, 2.05) is 24.3 Å². The van der Waals surface area contributed by atoms with Gasteiger partial charge in [-0.2, -0.15) is 0 Å². The Morgan fingerprint density at radius 3 is 2.74 bits per heavy atom. The zero-order chi connectivity index (χ0) is 16.8. The summed E-state index contributed by atoms with van der Waals surface area (Å²) in [5, 5.41) is 2.74. The number of aromatic amines is 1. The second-order valence-electron chi connectivity index (χ2n) is 4.80. The summed E-state index contributed by atoms with van der Waals surface area (Å²) in [4.78, 5) is 30.0. The van der Waals surface area contributed by atoms with Crippen LogP contribution in [0.2, 0.25) is 0 Å². The summed E-state index contributed by atoms with van der Waals surface area (Å²) in [5.74, 6) is 0.735. The van der Waals surface area contributed by atoms with Crippen molar-refractivity contribution >= 4 is 23.5 Å². The molecule has 0 radical (unpaired) electrons. The topological polar surface area (TPSA) is 110 Å². The zero-order valence-electron chi connectivity index (χ0n) is 12.8. The van der Waals surface area contributed by atoms with Crippen molar-refractivity contribution in [2.24, 2.45) is 0 Å². The van der Waals surface area contributed by atoms with Crippen molar-refractivity contribution in [3.63, 3.8) is 0 Å². The van der Waals surface area contributed by atoms with Gasteiger partial charge in [-0.3, -0.25) is 9.59 Å². The first-order chi connectivity index (χ1) is 11.0. The van der Waals surface area contributed by atoms with Gasteiger partial charge in [0.2, 0.25) is 5.91 Å². The molecule has 8 heteroatoms. The van der Waals surface area contributed by atoms with E-state index >= 15 is 0 Å². The Hall–Kier alpha value is -2.48. The number of ether oxygens (including phenoxy) is 1. The summed E-state index contributed by atoms with van der Waals surface area (Å²) >= 11 is 1.14. The number of hydrogen-bond donors (Lipinski definition) is 3. The Morgan fingerprint density at radius 2 is 2.13 bits per heavy atom. The fourth-order valence-corrected chi connectivity index (χ4v) is 2.65. The highest BCUT2D eigenvalue weighted by Crippen LogP contribution is 2.19. The molecule has 1 atom stereocenters. The molecule has 7 nitrogen and oxygen atoms in total. The highest BCUT2D eigenvalue weighted by atomic mass is 32.2. The summed E-state index contributed by atoms with van der Waals surface area (Å²) in [6.45, 7) is 2.14. The van der Waals surface area contributed by atoms with E-state index in [-0.39, 0.29) is 17.3 Å². The van der Waals surface area contributed by atoms with Gasteiger partial charge < -0.3 is 20.8 Å². The number of rotatable bonds is 6. The molecule has 2 rings (SSSR count). The summed E-state index contributed by atoms with van der Waals surface area (Å²) in [6.07, 6.45) is 0. The average Bonchev–Trinajstić information content (AvgIpc) is 2.52. The van der Waals surface area contributed by atoms with Crippen LogP contribution in [0.1, 0.15) is 12.5 Å². The molecule has 0 aliphatic rings. The van der Waals surface area contributed by atoms with Crippen molar-refractivity contribution in [2.75, 3.05) is 12.8 Å². The van der Waals surface area contributed by atoms with E-state index in [9.17, 15) is 9.59 Å². The number of nitrogens with two attached hydrogens (primary N) is 1. The van der Waals surface area contributed by atoms with Gasteiger partial charge in [0.05, 0.1) is 12.4 Å². The number of nitrogen functional groups attached to an aromatic ring is 1. The van der Waals surface area contributed by atoms with E-state index in [1.54, 1.807) is 14.0 Å². The number of H-pyrrole nitrogens is 1. The standard InChI is InChI=1S/C15H18N4O3S/c1-9(23-15-18-12(16)7-13(20)19-15)14(21)17-8-10-3-5-11(22-2)6-4-10/h3-7,9H,8H2,1-2H3,(H,17,21)(H3,16,18,19,20)/t9-/m0/s1. The second kappa shape index (κ2) is 7.68. The number of hydrogen-bond acceptors (Lipinski definition) is 6. The summed E-state index contributed by atoms with van der Waals surface area (Å²) < 4.78 is 5.08.